The summed E-state index contributed by atoms with van der Waals surface area (Å²) in [6.07, 6.45) is 7.46. The third kappa shape index (κ3) is 7.17. The maximum Gasteiger partial charge on any atom is 0.222 e. The van der Waals surface area contributed by atoms with Gasteiger partial charge in [0.05, 0.1) is 0 Å². The molecule has 19 heavy (non-hydrogen) atoms. The molecule has 4 heteroatoms. The Labute approximate surface area is 124 Å². The number of amides is 1. The van der Waals surface area contributed by atoms with Gasteiger partial charge in [0.1, 0.15) is 0 Å². The Morgan fingerprint density at radius 2 is 1.95 bits per heavy atom. The van der Waals surface area contributed by atoms with E-state index in [2.05, 4.69) is 18.7 Å². The monoisotopic (exact) mass is 290 g/mol. The molecular weight excluding hydrogens is 260 g/mol. The molecule has 2 N–H and O–H groups in total. The summed E-state index contributed by atoms with van der Waals surface area (Å²) < 4.78 is 0. The molecule has 0 saturated carbocycles. The first-order chi connectivity index (χ1) is 8.50. The number of nitrogens with two attached hydrogens (primary N) is 1. The minimum Gasteiger partial charge on any atom is -0.340 e. The molecule has 0 aliphatic carbocycles. The Balaban J connectivity index is 0.00000324. The van der Waals surface area contributed by atoms with E-state index in [4.69, 9.17) is 5.73 Å². The molecular formula is C15H31ClN2O. The van der Waals surface area contributed by atoms with E-state index >= 15 is 0 Å². The van der Waals surface area contributed by atoms with E-state index in [1.165, 1.54) is 25.7 Å². The summed E-state index contributed by atoms with van der Waals surface area (Å²) in [5.41, 5.74) is 5.75. The molecule has 0 radical (unpaired) electrons. The van der Waals surface area contributed by atoms with Crippen molar-refractivity contribution in [3.63, 3.8) is 0 Å². The number of nitrogens with zero attached hydrogens (tertiary/aromatic N) is 1. The van der Waals surface area contributed by atoms with Gasteiger partial charge < -0.3 is 10.6 Å². The summed E-state index contributed by atoms with van der Waals surface area (Å²) in [4.78, 5) is 14.5. The molecule has 0 bridgehead atoms. The third-order valence-corrected chi connectivity index (χ3v) is 3.75. The molecule has 1 saturated heterocycles. The van der Waals surface area contributed by atoms with Crippen LogP contribution in [-0.2, 0) is 4.79 Å². The Kier molecular flexibility index (Phi) is 9.46. The third-order valence-electron chi connectivity index (χ3n) is 3.75. The zero-order valence-electron chi connectivity index (χ0n) is 12.7. The minimum absolute atomic E-state index is 0. The maximum absolute atomic E-state index is 12.3. The van der Waals surface area contributed by atoms with Crippen LogP contribution >= 0.6 is 12.4 Å². The van der Waals surface area contributed by atoms with Gasteiger partial charge in [0.25, 0.3) is 0 Å². The standard InChI is InChI=1S/C15H30N2O.ClH/c1-12(2)11-14-7-5-4-6-10-17(14)15(18)9-8-13(3)16;/h12-14H,4-11,16H2,1-3H3;1H. The molecule has 1 fully saturated rings. The Bertz CT molecular complexity index is 257. The number of likely N-dealkylation sites (tertiary alicyclic amines) is 1. The highest BCUT2D eigenvalue weighted by atomic mass is 35.5. The highest BCUT2D eigenvalue weighted by molar-refractivity contribution is 5.85. The van der Waals surface area contributed by atoms with Gasteiger partial charge in [0.2, 0.25) is 5.91 Å². The van der Waals surface area contributed by atoms with E-state index in [1.54, 1.807) is 0 Å². The van der Waals surface area contributed by atoms with Crippen LogP contribution in [0.15, 0.2) is 0 Å². The van der Waals surface area contributed by atoms with Crippen LogP contribution in [0.25, 0.3) is 0 Å². The molecule has 2 unspecified atom stereocenters. The van der Waals surface area contributed by atoms with Crippen molar-refractivity contribution in [3.8, 4) is 0 Å². The highest BCUT2D eigenvalue weighted by Crippen LogP contribution is 2.23. The predicted molar refractivity (Wildman–Crippen MR) is 83.6 cm³/mol. The molecule has 3 nitrogen and oxygen atoms in total. The number of halogens is 1. The average molecular weight is 291 g/mol. The van der Waals surface area contributed by atoms with Crippen LogP contribution < -0.4 is 5.73 Å². The van der Waals surface area contributed by atoms with Gasteiger partial charge >= 0.3 is 0 Å². The predicted octanol–water partition coefficient (Wildman–Crippen LogP) is 3.35. The zero-order valence-corrected chi connectivity index (χ0v) is 13.5. The summed E-state index contributed by atoms with van der Waals surface area (Å²) in [6.45, 7) is 7.42. The Hall–Kier alpha value is -0.280. The lowest BCUT2D eigenvalue weighted by atomic mass is 9.98. The quantitative estimate of drug-likeness (QED) is 0.844. The van der Waals surface area contributed by atoms with E-state index in [9.17, 15) is 4.79 Å². The molecule has 1 aliphatic heterocycles. The van der Waals surface area contributed by atoms with Crippen LogP contribution in [0.3, 0.4) is 0 Å². The second-order valence-corrected chi connectivity index (χ2v) is 6.24. The lowest BCUT2D eigenvalue weighted by Crippen LogP contribution is -2.41. The van der Waals surface area contributed by atoms with Crippen molar-refractivity contribution < 1.29 is 4.79 Å². The van der Waals surface area contributed by atoms with Crippen molar-refractivity contribution >= 4 is 18.3 Å². The normalized spacial score (nSPS) is 21.7. The molecule has 2 atom stereocenters. The molecule has 0 aromatic carbocycles. The van der Waals surface area contributed by atoms with E-state index in [-0.39, 0.29) is 18.4 Å². The van der Waals surface area contributed by atoms with Crippen LogP contribution in [0.2, 0.25) is 0 Å². The highest BCUT2D eigenvalue weighted by Gasteiger charge is 2.25. The fraction of sp³-hybridized carbons (Fsp3) is 0.933. The fourth-order valence-electron chi connectivity index (χ4n) is 2.79. The van der Waals surface area contributed by atoms with Gasteiger partial charge in [-0.2, -0.15) is 0 Å². The minimum atomic E-state index is 0. The maximum atomic E-state index is 12.3. The molecule has 1 heterocycles. The topological polar surface area (TPSA) is 46.3 Å². The van der Waals surface area contributed by atoms with Crippen LogP contribution in [0.4, 0.5) is 0 Å². The number of carbonyl (C=O) groups is 1. The van der Waals surface area contributed by atoms with Crippen LogP contribution in [0.1, 0.15) is 65.7 Å². The zero-order chi connectivity index (χ0) is 13.5. The molecule has 0 aromatic heterocycles. The molecule has 1 rings (SSSR count). The molecule has 1 aliphatic rings. The Morgan fingerprint density at radius 3 is 2.53 bits per heavy atom. The summed E-state index contributed by atoms with van der Waals surface area (Å²) in [6, 6.07) is 0.595. The second kappa shape index (κ2) is 9.60. The van der Waals surface area contributed by atoms with E-state index < -0.39 is 0 Å². The van der Waals surface area contributed by atoms with Crippen molar-refractivity contribution in [1.29, 1.82) is 0 Å². The molecule has 0 spiro atoms. The van der Waals surface area contributed by atoms with Crippen molar-refractivity contribution in [3.05, 3.63) is 0 Å². The number of carbonyl (C=O) groups excluding carboxylic acids is 1. The van der Waals surface area contributed by atoms with Gasteiger partial charge in [0, 0.05) is 25.0 Å². The van der Waals surface area contributed by atoms with Crippen molar-refractivity contribution in [2.45, 2.75) is 77.8 Å². The van der Waals surface area contributed by atoms with Crippen molar-refractivity contribution in [2.75, 3.05) is 6.54 Å². The summed E-state index contributed by atoms with van der Waals surface area (Å²) in [5.74, 6) is 0.983. The number of rotatable bonds is 5. The summed E-state index contributed by atoms with van der Waals surface area (Å²) in [7, 11) is 0. The second-order valence-electron chi connectivity index (χ2n) is 6.24. The lowest BCUT2D eigenvalue weighted by molar-refractivity contribution is -0.134. The number of hydrogen-bond acceptors (Lipinski definition) is 2. The smallest absolute Gasteiger partial charge is 0.222 e. The van der Waals surface area contributed by atoms with Gasteiger partial charge in [-0.05, 0) is 38.5 Å². The first-order valence-electron chi connectivity index (χ1n) is 7.55. The van der Waals surface area contributed by atoms with E-state index in [0.717, 1.165) is 19.4 Å². The molecule has 114 valence electrons. The first kappa shape index (κ1) is 18.7. The van der Waals surface area contributed by atoms with Crippen LogP contribution in [-0.4, -0.2) is 29.4 Å². The van der Waals surface area contributed by atoms with E-state index in [1.807, 2.05) is 6.92 Å². The lowest BCUT2D eigenvalue weighted by Gasteiger charge is -2.31. The average Bonchev–Trinajstić information content (AvgIpc) is 2.50. The SMILES string of the molecule is CC(C)CC1CCCCCN1C(=O)CCC(C)N.Cl. The van der Waals surface area contributed by atoms with Gasteiger partial charge in [-0.1, -0.05) is 26.7 Å². The van der Waals surface area contributed by atoms with Gasteiger partial charge in [-0.25, -0.2) is 0 Å². The fourth-order valence-corrected chi connectivity index (χ4v) is 2.79. The molecule has 0 aromatic rings. The van der Waals surface area contributed by atoms with Gasteiger partial charge in [-0.15, -0.1) is 12.4 Å². The number of hydrogen-bond donors (Lipinski definition) is 1. The van der Waals surface area contributed by atoms with Gasteiger partial charge in [-0.3, -0.25) is 4.79 Å². The van der Waals surface area contributed by atoms with Crippen LogP contribution in [0.5, 0.6) is 0 Å². The summed E-state index contributed by atoms with van der Waals surface area (Å²) in [5, 5.41) is 0. The largest absolute Gasteiger partial charge is 0.340 e. The van der Waals surface area contributed by atoms with Crippen molar-refractivity contribution in [1.82, 2.24) is 4.90 Å². The molecule has 1 amide bonds. The van der Waals surface area contributed by atoms with Crippen molar-refractivity contribution in [2.24, 2.45) is 11.7 Å². The Morgan fingerprint density at radius 1 is 1.26 bits per heavy atom. The first-order valence-corrected chi connectivity index (χ1v) is 7.55. The van der Waals surface area contributed by atoms with Crippen LogP contribution in [0, 0.1) is 5.92 Å². The van der Waals surface area contributed by atoms with E-state index in [0.29, 0.717) is 24.3 Å². The summed E-state index contributed by atoms with van der Waals surface area (Å²) >= 11 is 0. The van der Waals surface area contributed by atoms with Gasteiger partial charge in [0.15, 0.2) is 0 Å².